The molecule has 9 N–H and O–H groups in total. The molecule has 5 atom stereocenters. The van der Waals surface area contributed by atoms with Crippen LogP contribution in [-0.2, 0) is 24.0 Å². The average molecular weight is 417 g/mol. The lowest BCUT2D eigenvalue weighted by molar-refractivity contribution is -0.147. The van der Waals surface area contributed by atoms with Crippen molar-refractivity contribution >= 4 is 29.6 Å². The van der Waals surface area contributed by atoms with Crippen molar-refractivity contribution in [1.29, 1.82) is 0 Å². The SMILES string of the molecule is CC(O)C(NC(=O)C1CCCN1C(=O)C(CC(N)=O)NC(=O)C(N)CO)C(=O)O. The summed E-state index contributed by atoms with van der Waals surface area (Å²) in [5, 5.41) is 31.9. The van der Waals surface area contributed by atoms with Gasteiger partial charge in [-0.25, -0.2) is 4.79 Å². The minimum atomic E-state index is -1.57. The third kappa shape index (κ3) is 6.66. The number of rotatable bonds is 10. The Bertz CT molecular complexity index is 655. The van der Waals surface area contributed by atoms with E-state index >= 15 is 0 Å². The summed E-state index contributed by atoms with van der Waals surface area (Å²) in [4.78, 5) is 60.8. The number of carboxylic acid groups (broad SMARTS) is 1. The molecule has 1 fully saturated rings. The van der Waals surface area contributed by atoms with Crippen molar-refractivity contribution in [3.8, 4) is 0 Å². The van der Waals surface area contributed by atoms with E-state index in [0.29, 0.717) is 6.42 Å². The van der Waals surface area contributed by atoms with Gasteiger partial charge in [0.25, 0.3) is 0 Å². The van der Waals surface area contributed by atoms with E-state index < -0.39 is 72.9 Å². The molecular weight excluding hydrogens is 390 g/mol. The first kappa shape index (κ1) is 24.3. The second-order valence-electron chi connectivity index (χ2n) is 6.78. The number of nitrogens with two attached hydrogens (primary N) is 2. The van der Waals surface area contributed by atoms with Crippen molar-refractivity contribution in [2.24, 2.45) is 11.5 Å². The maximum Gasteiger partial charge on any atom is 0.328 e. The normalized spacial score (nSPS) is 20.3. The van der Waals surface area contributed by atoms with Crippen molar-refractivity contribution < 1.29 is 39.3 Å². The summed E-state index contributed by atoms with van der Waals surface area (Å²) in [6.45, 7) is 0.633. The predicted molar refractivity (Wildman–Crippen MR) is 96.8 cm³/mol. The predicted octanol–water partition coefficient (Wildman–Crippen LogP) is -4.39. The van der Waals surface area contributed by atoms with Crippen molar-refractivity contribution in [2.45, 2.75) is 56.5 Å². The second kappa shape index (κ2) is 10.7. The minimum Gasteiger partial charge on any atom is -0.480 e. The summed E-state index contributed by atoms with van der Waals surface area (Å²) in [6.07, 6.45) is -1.29. The van der Waals surface area contributed by atoms with Crippen LogP contribution in [0.4, 0.5) is 0 Å². The summed E-state index contributed by atoms with van der Waals surface area (Å²) in [7, 11) is 0. The smallest absolute Gasteiger partial charge is 0.328 e. The number of carboxylic acids is 1. The van der Waals surface area contributed by atoms with Gasteiger partial charge in [0, 0.05) is 6.54 Å². The van der Waals surface area contributed by atoms with Crippen LogP contribution in [0, 0.1) is 0 Å². The van der Waals surface area contributed by atoms with E-state index in [4.69, 9.17) is 21.7 Å². The summed E-state index contributed by atoms with van der Waals surface area (Å²) < 4.78 is 0. The van der Waals surface area contributed by atoms with Crippen LogP contribution >= 0.6 is 0 Å². The van der Waals surface area contributed by atoms with E-state index in [-0.39, 0.29) is 13.0 Å². The summed E-state index contributed by atoms with van der Waals surface area (Å²) in [6, 6.07) is -5.35. The highest BCUT2D eigenvalue weighted by molar-refractivity contribution is 5.96. The minimum absolute atomic E-state index is 0.126. The molecule has 0 aromatic rings. The fourth-order valence-electron chi connectivity index (χ4n) is 2.90. The molecule has 0 spiro atoms. The number of carbonyl (C=O) groups excluding carboxylic acids is 4. The van der Waals surface area contributed by atoms with Crippen LogP contribution in [0.1, 0.15) is 26.2 Å². The molecule has 13 nitrogen and oxygen atoms in total. The summed E-state index contributed by atoms with van der Waals surface area (Å²) in [5.41, 5.74) is 10.5. The quantitative estimate of drug-likeness (QED) is 0.182. The number of hydrogen-bond donors (Lipinski definition) is 7. The molecular formula is C16H27N5O8. The molecule has 0 saturated carbocycles. The van der Waals surface area contributed by atoms with Gasteiger partial charge in [-0.1, -0.05) is 0 Å². The molecule has 29 heavy (non-hydrogen) atoms. The number of aliphatic hydroxyl groups is 2. The Balaban J connectivity index is 2.96. The van der Waals surface area contributed by atoms with Crippen LogP contribution in [0.2, 0.25) is 0 Å². The van der Waals surface area contributed by atoms with E-state index in [2.05, 4.69) is 10.6 Å². The second-order valence-corrected chi connectivity index (χ2v) is 6.78. The maximum absolute atomic E-state index is 12.9. The number of aliphatic hydroxyl groups excluding tert-OH is 2. The lowest BCUT2D eigenvalue weighted by Gasteiger charge is -2.29. The molecule has 1 rings (SSSR count). The maximum atomic E-state index is 12.9. The number of nitrogens with one attached hydrogen (secondary N) is 2. The van der Waals surface area contributed by atoms with Crippen LogP contribution < -0.4 is 22.1 Å². The Labute approximate surface area is 166 Å². The summed E-state index contributed by atoms with van der Waals surface area (Å²) in [5.74, 6) is -4.78. The van der Waals surface area contributed by atoms with Gasteiger partial charge in [-0.05, 0) is 19.8 Å². The molecule has 5 unspecified atom stereocenters. The lowest BCUT2D eigenvalue weighted by atomic mass is 10.1. The lowest BCUT2D eigenvalue weighted by Crippen LogP contribution is -2.58. The first-order chi connectivity index (χ1) is 13.5. The Morgan fingerprint density at radius 2 is 1.83 bits per heavy atom. The molecule has 1 heterocycles. The van der Waals surface area contributed by atoms with Crippen molar-refractivity contribution in [3.05, 3.63) is 0 Å². The monoisotopic (exact) mass is 417 g/mol. The van der Waals surface area contributed by atoms with E-state index in [1.165, 1.54) is 6.92 Å². The number of aliphatic carboxylic acids is 1. The third-order valence-corrected chi connectivity index (χ3v) is 4.44. The Kier molecular flexibility index (Phi) is 8.94. The molecule has 0 aromatic heterocycles. The van der Waals surface area contributed by atoms with Crippen LogP contribution in [-0.4, -0.2) is 93.2 Å². The van der Waals surface area contributed by atoms with Crippen LogP contribution in [0.5, 0.6) is 0 Å². The van der Waals surface area contributed by atoms with E-state index in [1.807, 2.05) is 0 Å². The zero-order chi connectivity index (χ0) is 22.3. The first-order valence-corrected chi connectivity index (χ1v) is 8.96. The van der Waals surface area contributed by atoms with E-state index in [9.17, 15) is 29.1 Å². The highest BCUT2D eigenvalue weighted by atomic mass is 16.4. The number of hydrogen-bond acceptors (Lipinski definition) is 8. The Morgan fingerprint density at radius 3 is 2.31 bits per heavy atom. The van der Waals surface area contributed by atoms with E-state index in [1.54, 1.807) is 0 Å². The van der Waals surface area contributed by atoms with Crippen molar-refractivity contribution in [1.82, 2.24) is 15.5 Å². The molecule has 0 bridgehead atoms. The zero-order valence-electron chi connectivity index (χ0n) is 15.9. The van der Waals surface area contributed by atoms with Gasteiger partial charge >= 0.3 is 5.97 Å². The Hall–Kier alpha value is -2.77. The third-order valence-electron chi connectivity index (χ3n) is 4.44. The van der Waals surface area contributed by atoms with Crippen LogP contribution in [0.25, 0.3) is 0 Å². The molecule has 164 valence electrons. The average Bonchev–Trinajstić information content (AvgIpc) is 3.12. The van der Waals surface area contributed by atoms with Gasteiger partial charge < -0.3 is 42.3 Å². The molecule has 1 aliphatic rings. The van der Waals surface area contributed by atoms with Gasteiger partial charge in [0.2, 0.25) is 23.6 Å². The number of likely N-dealkylation sites (tertiary alicyclic amines) is 1. The largest absolute Gasteiger partial charge is 0.480 e. The molecule has 1 saturated heterocycles. The highest BCUT2D eigenvalue weighted by Gasteiger charge is 2.40. The molecule has 0 aliphatic carbocycles. The molecule has 4 amide bonds. The van der Waals surface area contributed by atoms with Gasteiger partial charge in [-0.15, -0.1) is 0 Å². The van der Waals surface area contributed by atoms with Gasteiger partial charge in [0.1, 0.15) is 18.1 Å². The standard InChI is InChI=1S/C16H27N5O8/c1-7(23)12(16(28)29)20-14(26)10-3-2-4-21(10)15(27)9(5-11(18)24)19-13(25)8(17)6-22/h7-10,12,22-23H,2-6,17H2,1H3,(H2,18,24)(H,19,25)(H,20,26)(H,28,29). The van der Waals surface area contributed by atoms with Gasteiger partial charge in [-0.2, -0.15) is 0 Å². The number of primary amides is 1. The number of nitrogens with zero attached hydrogens (tertiary/aromatic N) is 1. The Morgan fingerprint density at radius 1 is 1.21 bits per heavy atom. The molecule has 0 aromatic carbocycles. The zero-order valence-corrected chi connectivity index (χ0v) is 15.9. The molecule has 13 heteroatoms. The first-order valence-electron chi connectivity index (χ1n) is 8.96. The molecule has 0 radical (unpaired) electrons. The molecule has 1 aliphatic heterocycles. The topological polar surface area (TPSA) is 225 Å². The van der Waals surface area contributed by atoms with Gasteiger partial charge in [0.05, 0.1) is 19.1 Å². The summed E-state index contributed by atoms with van der Waals surface area (Å²) >= 11 is 0. The van der Waals surface area contributed by atoms with Crippen LogP contribution in [0.15, 0.2) is 0 Å². The van der Waals surface area contributed by atoms with Crippen LogP contribution in [0.3, 0.4) is 0 Å². The van der Waals surface area contributed by atoms with Crippen molar-refractivity contribution in [3.63, 3.8) is 0 Å². The fraction of sp³-hybridized carbons (Fsp3) is 0.688. The van der Waals surface area contributed by atoms with E-state index in [0.717, 1.165) is 4.90 Å². The fourth-order valence-corrected chi connectivity index (χ4v) is 2.90. The highest BCUT2D eigenvalue weighted by Crippen LogP contribution is 2.19. The number of amides is 4. The van der Waals surface area contributed by atoms with Gasteiger partial charge in [-0.3, -0.25) is 19.2 Å². The number of carbonyl (C=O) groups is 5. The van der Waals surface area contributed by atoms with Crippen molar-refractivity contribution in [2.75, 3.05) is 13.2 Å². The van der Waals surface area contributed by atoms with Gasteiger partial charge in [0.15, 0.2) is 6.04 Å².